The minimum atomic E-state index is 0.0581. The quantitative estimate of drug-likeness (QED) is 0.463. The van der Waals surface area contributed by atoms with Gasteiger partial charge in [0.1, 0.15) is 0 Å². The molecule has 0 atom stereocenters. The Kier molecular flexibility index (Phi) is 3.05. The Bertz CT molecular complexity index is 435. The van der Waals surface area contributed by atoms with Crippen molar-refractivity contribution in [1.29, 1.82) is 0 Å². The van der Waals surface area contributed by atoms with E-state index in [1.54, 1.807) is 29.2 Å². The van der Waals surface area contributed by atoms with E-state index in [1.807, 2.05) is 0 Å². The molecule has 1 N–H and O–H groups in total. The van der Waals surface area contributed by atoms with Crippen molar-refractivity contribution < 1.29 is 4.79 Å². The van der Waals surface area contributed by atoms with E-state index in [4.69, 9.17) is 5.53 Å². The average Bonchev–Trinajstić information content (AvgIpc) is 2.31. The van der Waals surface area contributed by atoms with E-state index in [1.165, 1.54) is 0 Å². The van der Waals surface area contributed by atoms with Gasteiger partial charge in [-0.1, -0.05) is 17.2 Å². The van der Waals surface area contributed by atoms with Gasteiger partial charge >= 0.3 is 0 Å². The average molecular weight is 217 g/mol. The second kappa shape index (κ2) is 4.65. The van der Waals surface area contributed by atoms with Gasteiger partial charge in [0, 0.05) is 29.4 Å². The largest absolute Gasteiger partial charge is 0.310 e. The summed E-state index contributed by atoms with van der Waals surface area (Å²) in [5.74, 6) is 0.0581. The number of hydrogen-bond acceptors (Lipinski definition) is 3. The van der Waals surface area contributed by atoms with Gasteiger partial charge in [0.05, 0.1) is 6.54 Å². The number of nitrogens with zero attached hydrogens (tertiary/aromatic N) is 4. The third kappa shape index (κ3) is 2.13. The van der Waals surface area contributed by atoms with Crippen molar-refractivity contribution in [3.8, 4) is 0 Å². The highest BCUT2D eigenvalue weighted by molar-refractivity contribution is 5.95. The van der Waals surface area contributed by atoms with Crippen LogP contribution >= 0.6 is 0 Å². The molecule has 1 aliphatic rings. The number of nitrogens with one attached hydrogen (secondary N) is 1. The molecule has 6 nitrogen and oxygen atoms in total. The van der Waals surface area contributed by atoms with E-state index < -0.39 is 0 Å². The van der Waals surface area contributed by atoms with E-state index in [2.05, 4.69) is 15.3 Å². The third-order valence-electron chi connectivity index (χ3n) is 2.41. The number of piperazine rings is 1. The van der Waals surface area contributed by atoms with Crippen molar-refractivity contribution in [3.63, 3.8) is 0 Å². The summed E-state index contributed by atoms with van der Waals surface area (Å²) >= 11 is 0. The molecule has 82 valence electrons. The Balaban J connectivity index is 2.20. The number of carbonyl (C=O) groups excluding carboxylic acids is 1. The van der Waals surface area contributed by atoms with E-state index in [-0.39, 0.29) is 5.91 Å². The van der Waals surface area contributed by atoms with Crippen molar-refractivity contribution in [2.24, 2.45) is 5.11 Å². The predicted octanol–water partition coefficient (Wildman–Crippen LogP) is 1.56. The van der Waals surface area contributed by atoms with Gasteiger partial charge in [-0.3, -0.25) is 4.79 Å². The Morgan fingerprint density at radius 1 is 1.38 bits per heavy atom. The highest BCUT2D eigenvalue weighted by Gasteiger charge is 2.18. The summed E-state index contributed by atoms with van der Waals surface area (Å²) in [6.45, 7) is 1.83. The lowest BCUT2D eigenvalue weighted by molar-refractivity contribution is -0.118. The Morgan fingerprint density at radius 2 is 2.12 bits per heavy atom. The van der Waals surface area contributed by atoms with Crippen LogP contribution in [0.5, 0.6) is 0 Å². The highest BCUT2D eigenvalue weighted by Crippen LogP contribution is 2.20. The number of carbonyl (C=O) groups is 1. The fourth-order valence-corrected chi connectivity index (χ4v) is 1.63. The third-order valence-corrected chi connectivity index (χ3v) is 2.41. The van der Waals surface area contributed by atoms with Gasteiger partial charge in [-0.15, -0.1) is 0 Å². The molecule has 1 aliphatic heterocycles. The molecule has 0 unspecified atom stereocenters. The zero-order valence-electron chi connectivity index (χ0n) is 8.63. The van der Waals surface area contributed by atoms with Crippen LogP contribution in [0.1, 0.15) is 0 Å². The lowest BCUT2D eigenvalue weighted by atomic mass is 10.2. The van der Waals surface area contributed by atoms with E-state index in [0.29, 0.717) is 18.8 Å². The first-order valence-corrected chi connectivity index (χ1v) is 4.97. The number of amides is 1. The molecule has 0 spiro atoms. The first kappa shape index (κ1) is 10.5. The lowest BCUT2D eigenvalue weighted by Gasteiger charge is -2.27. The number of anilines is 1. The molecule has 1 heterocycles. The Hall–Kier alpha value is -2.04. The monoisotopic (exact) mass is 217 g/mol. The fraction of sp³-hybridized carbons (Fsp3) is 0.300. The number of rotatable bonds is 2. The van der Waals surface area contributed by atoms with Crippen LogP contribution in [0.25, 0.3) is 10.4 Å². The topological polar surface area (TPSA) is 81.1 Å². The number of azide groups is 1. The van der Waals surface area contributed by atoms with Crippen molar-refractivity contribution in [2.75, 3.05) is 24.5 Å². The molecule has 1 amide bonds. The van der Waals surface area contributed by atoms with Gasteiger partial charge in [-0.25, -0.2) is 0 Å². The first-order chi connectivity index (χ1) is 7.81. The molecule has 16 heavy (non-hydrogen) atoms. The van der Waals surface area contributed by atoms with E-state index >= 15 is 0 Å². The summed E-state index contributed by atoms with van der Waals surface area (Å²) in [6, 6.07) is 6.97. The molecule has 0 bridgehead atoms. The molecule has 1 fully saturated rings. The van der Waals surface area contributed by atoms with Crippen molar-refractivity contribution in [1.82, 2.24) is 5.32 Å². The van der Waals surface area contributed by atoms with Gasteiger partial charge in [-0.2, -0.15) is 0 Å². The van der Waals surface area contributed by atoms with Crippen LogP contribution in [-0.2, 0) is 4.79 Å². The smallest absolute Gasteiger partial charge is 0.240 e. The Labute approximate surface area is 92.5 Å². The fourth-order valence-electron chi connectivity index (χ4n) is 1.63. The molecule has 2 rings (SSSR count). The molecular formula is C10H11N5O. The van der Waals surface area contributed by atoms with Crippen LogP contribution in [0.2, 0.25) is 0 Å². The predicted molar refractivity (Wildman–Crippen MR) is 60.5 cm³/mol. The van der Waals surface area contributed by atoms with E-state index in [0.717, 1.165) is 12.2 Å². The van der Waals surface area contributed by atoms with Crippen LogP contribution in [0.3, 0.4) is 0 Å². The molecule has 1 saturated heterocycles. The van der Waals surface area contributed by atoms with Crippen LogP contribution in [0.4, 0.5) is 11.4 Å². The van der Waals surface area contributed by atoms with Gasteiger partial charge in [0.15, 0.2) is 0 Å². The number of hydrogen-bond donors (Lipinski definition) is 1. The van der Waals surface area contributed by atoms with Gasteiger partial charge in [-0.05, 0) is 17.7 Å². The van der Waals surface area contributed by atoms with E-state index in [9.17, 15) is 4.79 Å². The molecule has 0 aliphatic carbocycles. The second-order valence-corrected chi connectivity index (χ2v) is 3.43. The standard InChI is InChI=1S/C10H11N5O/c11-14-13-8-1-3-9(4-2-8)15-6-5-12-7-10(15)16/h1-4,12H,5-7H2. The molecule has 1 aromatic carbocycles. The molecule has 6 heteroatoms. The summed E-state index contributed by atoms with van der Waals surface area (Å²) in [5, 5.41) is 6.48. The van der Waals surface area contributed by atoms with Gasteiger partial charge in [0.25, 0.3) is 0 Å². The van der Waals surface area contributed by atoms with Crippen LogP contribution < -0.4 is 10.2 Å². The van der Waals surface area contributed by atoms with Crippen LogP contribution in [0.15, 0.2) is 29.4 Å². The summed E-state index contributed by atoms with van der Waals surface area (Å²) in [5.41, 5.74) is 9.65. The minimum Gasteiger partial charge on any atom is -0.310 e. The summed E-state index contributed by atoms with van der Waals surface area (Å²) in [7, 11) is 0. The second-order valence-electron chi connectivity index (χ2n) is 3.43. The minimum absolute atomic E-state index is 0.0581. The zero-order chi connectivity index (χ0) is 11.4. The SMILES string of the molecule is [N-]=[N+]=Nc1ccc(N2CCNCC2=O)cc1. The highest BCUT2D eigenvalue weighted by atomic mass is 16.2. The van der Waals surface area contributed by atoms with Crippen LogP contribution in [0, 0.1) is 0 Å². The van der Waals surface area contributed by atoms with Gasteiger partial charge in [0.2, 0.25) is 5.91 Å². The van der Waals surface area contributed by atoms with Gasteiger partial charge < -0.3 is 10.2 Å². The molecule has 0 aromatic heterocycles. The maximum absolute atomic E-state index is 11.6. The summed E-state index contributed by atoms with van der Waals surface area (Å²) < 4.78 is 0. The molecule has 0 radical (unpaired) electrons. The van der Waals surface area contributed by atoms with Crippen LogP contribution in [-0.4, -0.2) is 25.5 Å². The summed E-state index contributed by atoms with van der Waals surface area (Å²) in [4.78, 5) is 16.0. The molecule has 1 aromatic rings. The maximum atomic E-state index is 11.6. The normalized spacial score (nSPS) is 15.8. The summed E-state index contributed by atoms with van der Waals surface area (Å²) in [6.07, 6.45) is 0. The number of benzene rings is 1. The molecule has 0 saturated carbocycles. The molecular weight excluding hydrogens is 206 g/mol. The zero-order valence-corrected chi connectivity index (χ0v) is 8.63. The Morgan fingerprint density at radius 3 is 2.75 bits per heavy atom. The van der Waals surface area contributed by atoms with Crippen molar-refractivity contribution >= 4 is 17.3 Å². The van der Waals surface area contributed by atoms with Crippen molar-refractivity contribution in [2.45, 2.75) is 0 Å². The lowest BCUT2D eigenvalue weighted by Crippen LogP contribution is -2.48. The maximum Gasteiger partial charge on any atom is 0.240 e. The first-order valence-electron chi connectivity index (χ1n) is 4.97. The van der Waals surface area contributed by atoms with Crippen molar-refractivity contribution in [3.05, 3.63) is 34.7 Å².